The highest BCUT2D eigenvalue weighted by atomic mass is 32.1. The van der Waals surface area contributed by atoms with Crippen molar-refractivity contribution in [3.8, 4) is 0 Å². The van der Waals surface area contributed by atoms with Gasteiger partial charge in [-0.05, 0) is 34.0 Å². The molecule has 110 valence electrons. The normalized spacial score (nSPS) is 20.0. The van der Waals surface area contributed by atoms with Gasteiger partial charge in [-0.15, -0.1) is 11.3 Å². The van der Waals surface area contributed by atoms with Gasteiger partial charge >= 0.3 is 0 Å². The van der Waals surface area contributed by atoms with E-state index in [4.69, 9.17) is 4.98 Å². The molecule has 1 atom stereocenters. The van der Waals surface area contributed by atoms with E-state index in [9.17, 15) is 0 Å². The van der Waals surface area contributed by atoms with Crippen LogP contribution in [0.3, 0.4) is 0 Å². The SMILES string of the molecule is CNC(Cc1cn2ccsc2n1)C1(N(C)C)CCCC1. The third-order valence-corrected chi connectivity index (χ3v) is 5.68. The Balaban J connectivity index is 1.83. The van der Waals surface area contributed by atoms with Crippen LogP contribution in [0.5, 0.6) is 0 Å². The average molecular weight is 292 g/mol. The number of likely N-dealkylation sites (N-methyl/N-ethyl adjacent to an activating group) is 2. The number of aromatic nitrogens is 2. The van der Waals surface area contributed by atoms with Gasteiger partial charge in [0.2, 0.25) is 0 Å². The molecule has 0 saturated heterocycles. The maximum absolute atomic E-state index is 4.75. The molecule has 1 aliphatic rings. The van der Waals surface area contributed by atoms with Gasteiger partial charge in [0.15, 0.2) is 4.96 Å². The standard InChI is InChI=1S/C15H24N4S/c1-16-13(15(18(2)3)6-4-5-7-15)10-12-11-19-8-9-20-14(19)17-12/h8-9,11,13,16H,4-7,10H2,1-3H3. The fourth-order valence-electron chi connectivity index (χ4n) is 3.74. The molecular weight excluding hydrogens is 268 g/mol. The van der Waals surface area contributed by atoms with Gasteiger partial charge in [-0.1, -0.05) is 12.8 Å². The number of nitrogens with zero attached hydrogens (tertiary/aromatic N) is 3. The summed E-state index contributed by atoms with van der Waals surface area (Å²) in [5.74, 6) is 0. The third kappa shape index (κ3) is 2.28. The van der Waals surface area contributed by atoms with E-state index in [1.54, 1.807) is 11.3 Å². The quantitative estimate of drug-likeness (QED) is 0.918. The second-order valence-corrected chi connectivity index (χ2v) is 6.95. The molecule has 0 aromatic carbocycles. The molecule has 0 amide bonds. The van der Waals surface area contributed by atoms with E-state index in [-0.39, 0.29) is 5.54 Å². The van der Waals surface area contributed by atoms with Gasteiger partial charge < -0.3 is 10.2 Å². The number of thiazole rings is 1. The van der Waals surface area contributed by atoms with Gasteiger partial charge in [0, 0.05) is 35.8 Å². The Morgan fingerprint density at radius 2 is 2.20 bits per heavy atom. The van der Waals surface area contributed by atoms with Crippen LogP contribution < -0.4 is 5.32 Å². The molecule has 2 aromatic rings. The molecule has 0 bridgehead atoms. The van der Waals surface area contributed by atoms with Gasteiger partial charge in [0.1, 0.15) is 0 Å². The highest BCUT2D eigenvalue weighted by molar-refractivity contribution is 7.15. The van der Waals surface area contributed by atoms with Crippen molar-refractivity contribution in [2.24, 2.45) is 0 Å². The van der Waals surface area contributed by atoms with E-state index in [2.05, 4.69) is 53.5 Å². The summed E-state index contributed by atoms with van der Waals surface area (Å²) in [6, 6.07) is 0.463. The van der Waals surface area contributed by atoms with Crippen molar-refractivity contribution < 1.29 is 0 Å². The summed E-state index contributed by atoms with van der Waals surface area (Å²) in [5, 5.41) is 5.65. The van der Waals surface area contributed by atoms with Crippen LogP contribution in [0.2, 0.25) is 0 Å². The predicted octanol–water partition coefficient (Wildman–Crippen LogP) is 2.40. The zero-order valence-corrected chi connectivity index (χ0v) is 13.4. The minimum absolute atomic E-state index is 0.284. The fourth-order valence-corrected chi connectivity index (χ4v) is 4.46. The van der Waals surface area contributed by atoms with E-state index in [1.807, 2.05) is 0 Å². The van der Waals surface area contributed by atoms with Crippen molar-refractivity contribution in [1.82, 2.24) is 19.6 Å². The molecule has 3 rings (SSSR count). The van der Waals surface area contributed by atoms with Crippen LogP contribution in [0.4, 0.5) is 0 Å². The maximum Gasteiger partial charge on any atom is 0.193 e. The molecule has 1 N–H and O–H groups in total. The summed E-state index contributed by atoms with van der Waals surface area (Å²) in [7, 11) is 6.54. The van der Waals surface area contributed by atoms with Gasteiger partial charge in [-0.3, -0.25) is 4.40 Å². The van der Waals surface area contributed by atoms with Crippen LogP contribution in [0, 0.1) is 0 Å². The Hall–Kier alpha value is -0.910. The highest BCUT2D eigenvalue weighted by Crippen LogP contribution is 2.37. The highest BCUT2D eigenvalue weighted by Gasteiger charge is 2.42. The topological polar surface area (TPSA) is 32.6 Å². The lowest BCUT2D eigenvalue weighted by Gasteiger charge is -2.43. The van der Waals surface area contributed by atoms with Gasteiger partial charge in [-0.2, -0.15) is 0 Å². The summed E-state index contributed by atoms with van der Waals surface area (Å²) < 4.78 is 2.13. The summed E-state index contributed by atoms with van der Waals surface area (Å²) in [6.07, 6.45) is 10.5. The molecule has 2 aromatic heterocycles. The first-order chi connectivity index (χ1) is 9.65. The molecule has 0 aliphatic heterocycles. The van der Waals surface area contributed by atoms with E-state index < -0.39 is 0 Å². The molecule has 4 nitrogen and oxygen atoms in total. The van der Waals surface area contributed by atoms with Crippen LogP contribution in [0.25, 0.3) is 4.96 Å². The van der Waals surface area contributed by atoms with Gasteiger partial charge in [-0.25, -0.2) is 4.98 Å². The number of rotatable bonds is 5. The number of nitrogens with one attached hydrogen (secondary N) is 1. The minimum Gasteiger partial charge on any atom is -0.315 e. The van der Waals surface area contributed by atoms with E-state index in [0.717, 1.165) is 11.4 Å². The lowest BCUT2D eigenvalue weighted by molar-refractivity contribution is 0.108. The maximum atomic E-state index is 4.75. The van der Waals surface area contributed by atoms with Crippen molar-refractivity contribution in [3.05, 3.63) is 23.5 Å². The molecule has 2 heterocycles. The molecule has 1 saturated carbocycles. The molecule has 1 unspecified atom stereocenters. The van der Waals surface area contributed by atoms with Crippen molar-refractivity contribution in [3.63, 3.8) is 0 Å². The van der Waals surface area contributed by atoms with Crippen molar-refractivity contribution in [1.29, 1.82) is 0 Å². The molecule has 1 aliphatic carbocycles. The third-order valence-electron chi connectivity index (χ3n) is 4.91. The molecule has 1 fully saturated rings. The number of fused-ring (bicyclic) bond motifs is 1. The Labute approximate surface area is 124 Å². The second-order valence-electron chi connectivity index (χ2n) is 6.08. The first kappa shape index (κ1) is 14.0. The minimum atomic E-state index is 0.284. The molecular formula is C15H24N4S. The number of hydrogen-bond donors (Lipinski definition) is 1. The first-order valence-electron chi connectivity index (χ1n) is 7.41. The van der Waals surface area contributed by atoms with E-state index in [0.29, 0.717) is 6.04 Å². The van der Waals surface area contributed by atoms with Crippen molar-refractivity contribution in [2.45, 2.75) is 43.7 Å². The van der Waals surface area contributed by atoms with Crippen LogP contribution >= 0.6 is 11.3 Å². The van der Waals surface area contributed by atoms with Crippen LogP contribution in [-0.2, 0) is 6.42 Å². The largest absolute Gasteiger partial charge is 0.315 e. The summed E-state index contributed by atoms with van der Waals surface area (Å²) in [6.45, 7) is 0. The lowest BCUT2D eigenvalue weighted by Crippen LogP contribution is -2.57. The molecule has 20 heavy (non-hydrogen) atoms. The van der Waals surface area contributed by atoms with Gasteiger partial charge in [0.05, 0.1) is 5.69 Å². The monoisotopic (exact) mass is 292 g/mol. The molecule has 0 spiro atoms. The molecule has 5 heteroatoms. The first-order valence-corrected chi connectivity index (χ1v) is 8.29. The summed E-state index contributed by atoms with van der Waals surface area (Å²) in [4.78, 5) is 8.27. The van der Waals surface area contributed by atoms with Crippen LogP contribution in [0.1, 0.15) is 31.4 Å². The van der Waals surface area contributed by atoms with Crippen LogP contribution in [0.15, 0.2) is 17.8 Å². The zero-order chi connectivity index (χ0) is 14.2. The zero-order valence-electron chi connectivity index (χ0n) is 12.6. The fraction of sp³-hybridized carbons (Fsp3) is 0.667. The number of imidazole rings is 1. The van der Waals surface area contributed by atoms with Crippen LogP contribution in [-0.4, -0.2) is 47.0 Å². The molecule has 0 radical (unpaired) electrons. The van der Waals surface area contributed by atoms with Gasteiger partial charge in [0.25, 0.3) is 0 Å². The van der Waals surface area contributed by atoms with Crippen molar-refractivity contribution >= 4 is 16.3 Å². The summed E-state index contributed by atoms with van der Waals surface area (Å²) >= 11 is 1.70. The Bertz CT molecular complexity index is 537. The van der Waals surface area contributed by atoms with Crippen molar-refractivity contribution in [2.75, 3.05) is 21.1 Å². The smallest absolute Gasteiger partial charge is 0.193 e. The Morgan fingerprint density at radius 1 is 1.45 bits per heavy atom. The van der Waals surface area contributed by atoms with E-state index in [1.165, 1.54) is 31.4 Å². The Kier molecular flexibility index (Phi) is 3.84. The average Bonchev–Trinajstić information content (AvgIpc) is 3.11. The lowest BCUT2D eigenvalue weighted by atomic mass is 9.84. The number of hydrogen-bond acceptors (Lipinski definition) is 4. The second kappa shape index (κ2) is 5.47. The van der Waals surface area contributed by atoms with E-state index >= 15 is 0 Å². The Morgan fingerprint density at radius 3 is 2.80 bits per heavy atom. The predicted molar refractivity (Wildman–Crippen MR) is 84.5 cm³/mol. The summed E-state index contributed by atoms with van der Waals surface area (Å²) in [5.41, 5.74) is 1.48.